The third kappa shape index (κ3) is 2.96. The zero-order chi connectivity index (χ0) is 15.6. The molecule has 0 aliphatic carbocycles. The summed E-state index contributed by atoms with van der Waals surface area (Å²) in [5.41, 5.74) is 4.17. The molecule has 2 fully saturated rings. The van der Waals surface area contributed by atoms with E-state index in [0.29, 0.717) is 32.5 Å². The Labute approximate surface area is 124 Å². The first-order valence-corrected chi connectivity index (χ1v) is 7.45. The second kappa shape index (κ2) is 5.91. The van der Waals surface area contributed by atoms with Crippen molar-refractivity contribution in [2.75, 3.05) is 19.6 Å². The standard InChI is InChI=1S/C14H23N3O4/c1-14(12(19)20)6-2-3-8-17(14)13(21)16-7-4-5-10(9-16)11(15)18/h10H,2-9H2,1H3,(H2,15,18)(H,19,20). The number of primary amides is 1. The number of rotatable bonds is 2. The third-order valence-electron chi connectivity index (χ3n) is 4.68. The summed E-state index contributed by atoms with van der Waals surface area (Å²) >= 11 is 0. The number of hydrogen-bond acceptors (Lipinski definition) is 3. The number of piperidine rings is 2. The average Bonchev–Trinajstić information content (AvgIpc) is 2.47. The van der Waals surface area contributed by atoms with E-state index in [2.05, 4.69) is 0 Å². The van der Waals surface area contributed by atoms with E-state index < -0.39 is 17.4 Å². The van der Waals surface area contributed by atoms with Crippen molar-refractivity contribution in [3.8, 4) is 0 Å². The number of carbonyl (C=O) groups is 3. The number of carboxylic acid groups (broad SMARTS) is 1. The van der Waals surface area contributed by atoms with Gasteiger partial charge in [0.05, 0.1) is 5.92 Å². The van der Waals surface area contributed by atoms with Crippen molar-refractivity contribution < 1.29 is 19.5 Å². The number of urea groups is 1. The normalized spacial score (nSPS) is 30.0. The summed E-state index contributed by atoms with van der Waals surface area (Å²) in [6.07, 6.45) is 3.48. The van der Waals surface area contributed by atoms with Crippen LogP contribution in [0.3, 0.4) is 0 Å². The second-order valence-corrected chi connectivity index (χ2v) is 6.16. The highest BCUT2D eigenvalue weighted by Gasteiger charge is 2.45. The van der Waals surface area contributed by atoms with E-state index in [1.807, 2.05) is 0 Å². The third-order valence-corrected chi connectivity index (χ3v) is 4.68. The van der Waals surface area contributed by atoms with E-state index in [1.165, 1.54) is 4.90 Å². The molecule has 2 aliphatic rings. The van der Waals surface area contributed by atoms with Gasteiger partial charge in [-0.3, -0.25) is 4.79 Å². The SMILES string of the molecule is CC1(C(=O)O)CCCCN1C(=O)N1CCCC(C(N)=O)C1. The molecule has 3 N–H and O–H groups in total. The molecule has 2 rings (SSSR count). The predicted molar refractivity (Wildman–Crippen MR) is 75.5 cm³/mol. The molecule has 2 heterocycles. The maximum Gasteiger partial charge on any atom is 0.329 e. The lowest BCUT2D eigenvalue weighted by Crippen LogP contribution is -2.61. The molecular formula is C14H23N3O4. The lowest BCUT2D eigenvalue weighted by Gasteiger charge is -2.45. The molecule has 0 radical (unpaired) electrons. The van der Waals surface area contributed by atoms with Crippen molar-refractivity contribution in [1.29, 1.82) is 0 Å². The number of hydrogen-bond donors (Lipinski definition) is 2. The van der Waals surface area contributed by atoms with Gasteiger partial charge in [0.15, 0.2) is 0 Å². The summed E-state index contributed by atoms with van der Waals surface area (Å²) in [6.45, 7) is 2.89. The number of carboxylic acids is 1. The van der Waals surface area contributed by atoms with Gasteiger partial charge < -0.3 is 20.6 Å². The summed E-state index contributed by atoms with van der Waals surface area (Å²) in [4.78, 5) is 38.6. The van der Waals surface area contributed by atoms with Gasteiger partial charge in [0, 0.05) is 19.6 Å². The molecule has 3 amide bonds. The van der Waals surface area contributed by atoms with Crippen LogP contribution in [0.1, 0.15) is 39.0 Å². The van der Waals surface area contributed by atoms with Crippen molar-refractivity contribution in [1.82, 2.24) is 9.80 Å². The molecule has 118 valence electrons. The minimum absolute atomic E-state index is 0.287. The van der Waals surface area contributed by atoms with Gasteiger partial charge in [-0.25, -0.2) is 9.59 Å². The van der Waals surface area contributed by atoms with Gasteiger partial charge in [-0.2, -0.15) is 0 Å². The highest BCUT2D eigenvalue weighted by molar-refractivity contribution is 5.86. The molecule has 2 atom stereocenters. The van der Waals surface area contributed by atoms with Crippen LogP contribution in [0.2, 0.25) is 0 Å². The molecule has 0 bridgehead atoms. The highest BCUT2D eigenvalue weighted by atomic mass is 16.4. The number of nitrogens with two attached hydrogens (primary N) is 1. The fraction of sp³-hybridized carbons (Fsp3) is 0.786. The van der Waals surface area contributed by atoms with Gasteiger partial charge in [-0.1, -0.05) is 0 Å². The van der Waals surface area contributed by atoms with Crippen LogP contribution >= 0.6 is 0 Å². The van der Waals surface area contributed by atoms with Gasteiger partial charge in [-0.05, 0) is 39.0 Å². The van der Waals surface area contributed by atoms with E-state index in [9.17, 15) is 19.5 Å². The van der Waals surface area contributed by atoms with E-state index in [1.54, 1.807) is 11.8 Å². The molecule has 2 unspecified atom stereocenters. The summed E-state index contributed by atoms with van der Waals surface area (Å²) in [7, 11) is 0. The lowest BCUT2D eigenvalue weighted by atomic mass is 9.88. The lowest BCUT2D eigenvalue weighted by molar-refractivity contribution is -0.151. The Hall–Kier alpha value is -1.79. The predicted octanol–water partition coefficient (Wildman–Crippen LogP) is 0.633. The Morgan fingerprint density at radius 3 is 2.52 bits per heavy atom. The average molecular weight is 297 g/mol. The number of aliphatic carboxylic acids is 1. The fourth-order valence-corrected chi connectivity index (χ4v) is 3.20. The first-order valence-electron chi connectivity index (χ1n) is 7.45. The summed E-state index contributed by atoms with van der Waals surface area (Å²) < 4.78 is 0. The van der Waals surface area contributed by atoms with E-state index >= 15 is 0 Å². The van der Waals surface area contributed by atoms with Crippen LogP contribution < -0.4 is 5.73 Å². The second-order valence-electron chi connectivity index (χ2n) is 6.16. The molecular weight excluding hydrogens is 274 g/mol. The number of likely N-dealkylation sites (tertiary alicyclic amines) is 2. The van der Waals surface area contributed by atoms with Crippen LogP contribution in [0.4, 0.5) is 4.79 Å². The molecule has 0 saturated carbocycles. The van der Waals surface area contributed by atoms with E-state index in [0.717, 1.165) is 19.3 Å². The smallest absolute Gasteiger partial charge is 0.329 e. The van der Waals surface area contributed by atoms with Crippen LogP contribution in [0, 0.1) is 5.92 Å². The van der Waals surface area contributed by atoms with Crippen molar-refractivity contribution in [3.63, 3.8) is 0 Å². The monoisotopic (exact) mass is 297 g/mol. The molecule has 0 spiro atoms. The highest BCUT2D eigenvalue weighted by Crippen LogP contribution is 2.30. The van der Waals surface area contributed by atoms with Crippen LogP contribution in [-0.2, 0) is 9.59 Å². The molecule has 7 heteroatoms. The number of amides is 3. The summed E-state index contributed by atoms with van der Waals surface area (Å²) in [5, 5.41) is 9.47. The number of nitrogens with zero attached hydrogens (tertiary/aromatic N) is 2. The van der Waals surface area contributed by atoms with Crippen molar-refractivity contribution in [2.24, 2.45) is 11.7 Å². The van der Waals surface area contributed by atoms with Crippen LogP contribution in [-0.4, -0.2) is 58.0 Å². The minimum Gasteiger partial charge on any atom is -0.480 e. The van der Waals surface area contributed by atoms with Crippen molar-refractivity contribution in [3.05, 3.63) is 0 Å². The first-order chi connectivity index (χ1) is 9.86. The molecule has 0 aromatic heterocycles. The maximum atomic E-state index is 12.7. The molecule has 7 nitrogen and oxygen atoms in total. The topological polar surface area (TPSA) is 104 Å². The van der Waals surface area contributed by atoms with Crippen LogP contribution in [0.15, 0.2) is 0 Å². The zero-order valence-corrected chi connectivity index (χ0v) is 12.4. The van der Waals surface area contributed by atoms with Gasteiger partial charge in [-0.15, -0.1) is 0 Å². The Morgan fingerprint density at radius 2 is 1.90 bits per heavy atom. The van der Waals surface area contributed by atoms with Crippen LogP contribution in [0.25, 0.3) is 0 Å². The maximum absolute atomic E-state index is 12.7. The largest absolute Gasteiger partial charge is 0.480 e. The van der Waals surface area contributed by atoms with Crippen molar-refractivity contribution >= 4 is 17.9 Å². The van der Waals surface area contributed by atoms with Gasteiger partial charge in [0.25, 0.3) is 0 Å². The van der Waals surface area contributed by atoms with Gasteiger partial charge in [0.2, 0.25) is 5.91 Å². The van der Waals surface area contributed by atoms with Gasteiger partial charge >= 0.3 is 12.0 Å². The Morgan fingerprint density at radius 1 is 1.19 bits per heavy atom. The van der Waals surface area contributed by atoms with Gasteiger partial charge in [0.1, 0.15) is 5.54 Å². The van der Waals surface area contributed by atoms with E-state index in [4.69, 9.17) is 5.73 Å². The first kappa shape index (κ1) is 15.6. The minimum atomic E-state index is -1.16. The Bertz CT molecular complexity index is 454. The van der Waals surface area contributed by atoms with Crippen LogP contribution in [0.5, 0.6) is 0 Å². The Kier molecular flexibility index (Phi) is 4.39. The molecule has 2 aliphatic heterocycles. The van der Waals surface area contributed by atoms with Crippen molar-refractivity contribution in [2.45, 2.75) is 44.6 Å². The zero-order valence-electron chi connectivity index (χ0n) is 12.4. The number of carbonyl (C=O) groups excluding carboxylic acids is 2. The Balaban J connectivity index is 2.13. The quantitative estimate of drug-likeness (QED) is 0.780. The van der Waals surface area contributed by atoms with E-state index in [-0.39, 0.29) is 11.9 Å². The summed E-state index contributed by atoms with van der Waals surface area (Å²) in [6, 6.07) is -0.287. The molecule has 0 aromatic rings. The molecule has 21 heavy (non-hydrogen) atoms. The molecule has 2 saturated heterocycles. The molecule has 0 aromatic carbocycles. The fourth-order valence-electron chi connectivity index (χ4n) is 3.20. The summed E-state index contributed by atoms with van der Waals surface area (Å²) in [5.74, 6) is -1.70.